The molecule has 0 saturated heterocycles. The minimum atomic E-state index is -0.125. The van der Waals surface area contributed by atoms with Crippen LogP contribution in [-0.2, 0) is 0 Å². The first-order valence-corrected chi connectivity index (χ1v) is 4.99. The molecule has 0 spiro atoms. The van der Waals surface area contributed by atoms with Crippen molar-refractivity contribution >= 4 is 44.0 Å². The number of H-pyrrole nitrogens is 1. The molecule has 0 aromatic carbocycles. The smallest absolute Gasteiger partial charge is 0.275 e. The van der Waals surface area contributed by atoms with Crippen molar-refractivity contribution in [3.63, 3.8) is 0 Å². The second-order valence-corrected chi connectivity index (χ2v) is 4.03. The summed E-state index contributed by atoms with van der Waals surface area (Å²) in [5.74, 6) is 0. The maximum atomic E-state index is 11.3. The fourth-order valence-corrected chi connectivity index (χ4v) is 1.81. The third kappa shape index (κ3) is 1.18. The Morgan fingerprint density at radius 1 is 1.58 bits per heavy atom. The second kappa shape index (κ2) is 2.84. The summed E-state index contributed by atoms with van der Waals surface area (Å²) in [6.07, 6.45) is 0. The Balaban J connectivity index is 3.03. The van der Waals surface area contributed by atoms with Crippen LogP contribution in [0.15, 0.2) is 21.5 Å². The van der Waals surface area contributed by atoms with E-state index < -0.39 is 0 Å². The Morgan fingerprint density at radius 3 is 3.08 bits per heavy atom. The van der Waals surface area contributed by atoms with E-state index in [1.165, 1.54) is 0 Å². The van der Waals surface area contributed by atoms with E-state index in [2.05, 4.69) is 26.0 Å². The zero-order chi connectivity index (χ0) is 8.72. The van der Waals surface area contributed by atoms with Gasteiger partial charge in [-0.15, -0.1) is 5.10 Å². The van der Waals surface area contributed by atoms with E-state index in [1.807, 2.05) is 22.6 Å². The molecule has 0 unspecified atom stereocenters. The normalized spacial score (nSPS) is 10.8. The Bertz CT molecular complexity index is 489. The Hall–Kier alpha value is -0.370. The van der Waals surface area contributed by atoms with Crippen LogP contribution in [-0.4, -0.2) is 14.6 Å². The third-order valence-corrected chi connectivity index (χ3v) is 2.53. The fourth-order valence-electron chi connectivity index (χ4n) is 0.948. The van der Waals surface area contributed by atoms with Crippen LogP contribution < -0.4 is 5.56 Å². The molecule has 1 N–H and O–H groups in total. The zero-order valence-electron chi connectivity index (χ0n) is 5.71. The Labute approximate surface area is 89.2 Å². The fraction of sp³-hybridized carbons (Fsp3) is 0. The lowest BCUT2D eigenvalue weighted by Crippen LogP contribution is -2.13. The van der Waals surface area contributed by atoms with Gasteiger partial charge in [0.15, 0.2) is 3.83 Å². The van der Waals surface area contributed by atoms with Crippen LogP contribution in [0.5, 0.6) is 0 Å². The molecule has 4 nitrogen and oxygen atoms in total. The largest absolute Gasteiger partial charge is 0.299 e. The van der Waals surface area contributed by atoms with Gasteiger partial charge in [0.25, 0.3) is 5.56 Å². The average molecular weight is 340 g/mol. The molecule has 0 saturated carbocycles. The van der Waals surface area contributed by atoms with Crippen molar-refractivity contribution in [3.05, 3.63) is 30.9 Å². The van der Waals surface area contributed by atoms with Crippen molar-refractivity contribution < 1.29 is 0 Å². The third-order valence-electron chi connectivity index (χ3n) is 1.45. The van der Waals surface area contributed by atoms with Crippen LogP contribution in [0.25, 0.3) is 5.52 Å². The summed E-state index contributed by atoms with van der Waals surface area (Å²) in [6.45, 7) is 0. The molecule has 12 heavy (non-hydrogen) atoms. The molecule has 0 radical (unpaired) electrons. The van der Waals surface area contributed by atoms with Gasteiger partial charge in [-0.05, 0) is 28.1 Å². The van der Waals surface area contributed by atoms with Gasteiger partial charge in [0.05, 0.1) is 0 Å². The highest BCUT2D eigenvalue weighted by molar-refractivity contribution is 14.1. The van der Waals surface area contributed by atoms with Gasteiger partial charge in [0.2, 0.25) is 0 Å². The van der Waals surface area contributed by atoms with E-state index in [4.69, 9.17) is 0 Å². The maximum absolute atomic E-state index is 11.3. The van der Waals surface area contributed by atoms with Crippen LogP contribution in [0.4, 0.5) is 0 Å². The van der Waals surface area contributed by atoms with Gasteiger partial charge in [0, 0.05) is 22.6 Å². The topological polar surface area (TPSA) is 50.2 Å². The van der Waals surface area contributed by atoms with E-state index in [-0.39, 0.29) is 5.56 Å². The van der Waals surface area contributed by atoms with Crippen LogP contribution >= 0.6 is 38.5 Å². The van der Waals surface area contributed by atoms with E-state index in [1.54, 1.807) is 16.6 Å². The van der Waals surface area contributed by atoms with Crippen molar-refractivity contribution in [3.8, 4) is 0 Å². The van der Waals surface area contributed by atoms with Gasteiger partial charge in [-0.25, -0.2) is 4.52 Å². The van der Waals surface area contributed by atoms with Gasteiger partial charge in [-0.3, -0.25) is 9.78 Å². The summed E-state index contributed by atoms with van der Waals surface area (Å²) >= 11 is 5.24. The van der Waals surface area contributed by atoms with Gasteiger partial charge in [-0.1, -0.05) is 0 Å². The minimum absolute atomic E-state index is 0.125. The molecule has 2 rings (SSSR count). The van der Waals surface area contributed by atoms with Crippen LogP contribution in [0, 0.1) is 3.83 Å². The number of fused-ring (bicyclic) bond motifs is 1. The molecule has 0 atom stereocenters. The number of nitrogens with zero attached hydrogens (tertiary/aromatic N) is 2. The summed E-state index contributed by atoms with van der Waals surface area (Å²) < 4.78 is 2.91. The minimum Gasteiger partial charge on any atom is -0.299 e. The highest BCUT2D eigenvalue weighted by Crippen LogP contribution is 2.11. The SMILES string of the molecule is O=c1[nH]c(I)nn2c(Br)ccc12. The monoisotopic (exact) mass is 339 g/mol. The molecule has 2 aromatic heterocycles. The molecule has 0 aliphatic heterocycles. The number of aromatic amines is 1. The standard InChI is InChI=1S/C6H3BrIN3O/c7-4-2-1-3-5(12)9-6(8)10-11(3)4/h1-2H,(H,9,10,12). The first-order valence-electron chi connectivity index (χ1n) is 3.11. The first-order chi connectivity index (χ1) is 5.68. The average Bonchev–Trinajstić information content (AvgIpc) is 2.33. The quantitative estimate of drug-likeness (QED) is 0.737. The number of aromatic nitrogens is 3. The van der Waals surface area contributed by atoms with Crippen molar-refractivity contribution in [2.75, 3.05) is 0 Å². The van der Waals surface area contributed by atoms with Gasteiger partial charge in [-0.2, -0.15) is 0 Å². The lowest BCUT2D eigenvalue weighted by molar-refractivity contribution is 0.843. The molecular weight excluding hydrogens is 337 g/mol. The van der Waals surface area contributed by atoms with E-state index in [9.17, 15) is 4.79 Å². The first kappa shape index (κ1) is 8.24. The highest BCUT2D eigenvalue weighted by Gasteiger charge is 2.03. The lowest BCUT2D eigenvalue weighted by atomic mass is 10.5. The Kier molecular flexibility index (Phi) is 1.95. The maximum Gasteiger partial charge on any atom is 0.275 e. The zero-order valence-corrected chi connectivity index (χ0v) is 9.46. The van der Waals surface area contributed by atoms with Gasteiger partial charge in [0.1, 0.15) is 10.1 Å². The lowest BCUT2D eigenvalue weighted by Gasteiger charge is -1.94. The molecule has 0 fully saturated rings. The van der Waals surface area contributed by atoms with Gasteiger partial charge >= 0.3 is 0 Å². The van der Waals surface area contributed by atoms with Crippen LogP contribution in [0.2, 0.25) is 0 Å². The molecule has 2 heterocycles. The predicted octanol–water partition coefficient (Wildman–Crippen LogP) is 1.39. The summed E-state index contributed by atoms with van der Waals surface area (Å²) in [5.41, 5.74) is 0.419. The Morgan fingerprint density at radius 2 is 2.33 bits per heavy atom. The molecule has 0 aliphatic rings. The summed E-state index contributed by atoms with van der Waals surface area (Å²) in [4.78, 5) is 13.9. The molecule has 0 aliphatic carbocycles. The molecule has 0 bridgehead atoms. The number of halogens is 2. The molecule has 2 aromatic rings. The van der Waals surface area contributed by atoms with Crippen LogP contribution in [0.1, 0.15) is 0 Å². The second-order valence-electron chi connectivity index (χ2n) is 2.20. The highest BCUT2D eigenvalue weighted by atomic mass is 127. The van der Waals surface area contributed by atoms with Crippen molar-refractivity contribution in [1.82, 2.24) is 14.6 Å². The number of hydrogen-bond donors (Lipinski definition) is 1. The van der Waals surface area contributed by atoms with Crippen molar-refractivity contribution in [2.24, 2.45) is 0 Å². The molecular formula is C6H3BrIN3O. The summed E-state index contributed by atoms with van der Waals surface area (Å²) in [5, 5.41) is 4.10. The summed E-state index contributed by atoms with van der Waals surface area (Å²) in [6, 6.07) is 3.50. The molecule has 0 amide bonds. The molecule has 6 heteroatoms. The van der Waals surface area contributed by atoms with E-state index >= 15 is 0 Å². The van der Waals surface area contributed by atoms with Crippen LogP contribution in [0.3, 0.4) is 0 Å². The van der Waals surface area contributed by atoms with Crippen molar-refractivity contribution in [1.29, 1.82) is 0 Å². The van der Waals surface area contributed by atoms with Crippen molar-refractivity contribution in [2.45, 2.75) is 0 Å². The van der Waals surface area contributed by atoms with Gasteiger partial charge < -0.3 is 0 Å². The molecule has 62 valence electrons. The number of hydrogen-bond acceptors (Lipinski definition) is 2. The van der Waals surface area contributed by atoms with E-state index in [0.717, 1.165) is 4.60 Å². The van der Waals surface area contributed by atoms with E-state index in [0.29, 0.717) is 9.35 Å². The number of rotatable bonds is 0. The number of nitrogens with one attached hydrogen (secondary N) is 1. The summed E-state index contributed by atoms with van der Waals surface area (Å²) in [7, 11) is 0. The predicted molar refractivity (Wildman–Crippen MR) is 56.2 cm³/mol.